The number of aryl methyl sites for hydroxylation is 1. The fourth-order valence-electron chi connectivity index (χ4n) is 3.05. The molecule has 136 valence electrons. The van der Waals surface area contributed by atoms with Crippen LogP contribution in [0.4, 0.5) is 5.69 Å². The van der Waals surface area contributed by atoms with Crippen LogP contribution in [0.25, 0.3) is 0 Å². The Bertz CT molecular complexity index is 669. The Labute approximate surface area is 148 Å². The number of rotatable bonds is 5. The molecule has 6 nitrogen and oxygen atoms in total. The van der Waals surface area contributed by atoms with Gasteiger partial charge in [0.15, 0.2) is 0 Å². The van der Waals surface area contributed by atoms with E-state index in [-0.39, 0.29) is 24.3 Å². The first-order valence-electron chi connectivity index (χ1n) is 8.70. The minimum atomic E-state index is -0.850. The normalized spacial score (nSPS) is 17.4. The van der Waals surface area contributed by atoms with Crippen LogP contribution in [0.5, 0.6) is 0 Å². The summed E-state index contributed by atoms with van der Waals surface area (Å²) < 4.78 is 0. The number of aliphatic carboxylic acids is 1. The van der Waals surface area contributed by atoms with Gasteiger partial charge in [0.25, 0.3) is 5.91 Å². The van der Waals surface area contributed by atoms with E-state index in [2.05, 4.69) is 5.32 Å². The smallest absolute Gasteiger partial charge is 0.308 e. The molecule has 1 aromatic carbocycles. The van der Waals surface area contributed by atoms with Crippen molar-refractivity contribution in [1.82, 2.24) is 4.90 Å². The number of piperidine rings is 1. The molecule has 0 aliphatic carbocycles. The summed E-state index contributed by atoms with van der Waals surface area (Å²) in [5.41, 5.74) is 2.03. The SMILES string of the molecule is Cc1cc(C(=O)N2CCC[C@H](C(=O)O)C2)ccc1NC(=O)CC(C)C. The Kier molecular flexibility index (Phi) is 6.17. The quantitative estimate of drug-likeness (QED) is 0.858. The molecule has 2 N–H and O–H groups in total. The molecule has 1 fully saturated rings. The lowest BCUT2D eigenvalue weighted by atomic mass is 9.97. The zero-order chi connectivity index (χ0) is 18.6. The Hall–Kier alpha value is -2.37. The van der Waals surface area contributed by atoms with Crippen molar-refractivity contribution in [3.05, 3.63) is 29.3 Å². The maximum Gasteiger partial charge on any atom is 0.308 e. The van der Waals surface area contributed by atoms with Gasteiger partial charge in [0.05, 0.1) is 5.92 Å². The third-order valence-electron chi connectivity index (χ3n) is 4.40. The molecule has 0 saturated carbocycles. The minimum absolute atomic E-state index is 0.0440. The van der Waals surface area contributed by atoms with E-state index >= 15 is 0 Å². The van der Waals surface area contributed by atoms with Gasteiger partial charge >= 0.3 is 5.97 Å². The van der Waals surface area contributed by atoms with Crippen molar-refractivity contribution in [3.63, 3.8) is 0 Å². The van der Waals surface area contributed by atoms with E-state index in [1.54, 1.807) is 23.1 Å². The van der Waals surface area contributed by atoms with Crippen molar-refractivity contribution in [2.45, 2.75) is 40.0 Å². The van der Waals surface area contributed by atoms with Crippen LogP contribution in [0.2, 0.25) is 0 Å². The average Bonchev–Trinajstić information content (AvgIpc) is 2.55. The van der Waals surface area contributed by atoms with Crippen LogP contribution >= 0.6 is 0 Å². The summed E-state index contributed by atoms with van der Waals surface area (Å²) in [4.78, 5) is 37.3. The second-order valence-corrected chi connectivity index (χ2v) is 7.10. The molecular formula is C19H26N2O4. The zero-order valence-electron chi connectivity index (χ0n) is 15.0. The minimum Gasteiger partial charge on any atom is -0.481 e. The molecule has 0 spiro atoms. The molecule has 6 heteroatoms. The number of anilines is 1. The summed E-state index contributed by atoms with van der Waals surface area (Å²) in [6.07, 6.45) is 1.76. The number of amides is 2. The number of carboxylic acid groups (broad SMARTS) is 1. The lowest BCUT2D eigenvalue weighted by molar-refractivity contribution is -0.143. The van der Waals surface area contributed by atoms with Crippen LogP contribution in [0.1, 0.15) is 49.0 Å². The van der Waals surface area contributed by atoms with Crippen LogP contribution in [0, 0.1) is 18.8 Å². The highest BCUT2D eigenvalue weighted by atomic mass is 16.4. The van der Waals surface area contributed by atoms with Crippen LogP contribution in [0.3, 0.4) is 0 Å². The Balaban J connectivity index is 2.07. The third kappa shape index (κ3) is 5.05. The van der Waals surface area contributed by atoms with Crippen LogP contribution in [0.15, 0.2) is 18.2 Å². The predicted octanol–water partition coefficient (Wildman–Crippen LogP) is 2.92. The molecule has 1 saturated heterocycles. The number of nitrogens with zero attached hydrogens (tertiary/aromatic N) is 1. The average molecular weight is 346 g/mol. The van der Waals surface area contributed by atoms with Crippen molar-refractivity contribution >= 4 is 23.5 Å². The first-order valence-corrected chi connectivity index (χ1v) is 8.70. The van der Waals surface area contributed by atoms with Gasteiger partial charge in [-0.1, -0.05) is 13.8 Å². The van der Waals surface area contributed by atoms with Crippen molar-refractivity contribution in [3.8, 4) is 0 Å². The number of carbonyl (C=O) groups excluding carboxylic acids is 2. The molecule has 2 rings (SSSR count). The van der Waals surface area contributed by atoms with Gasteiger partial charge in [-0.25, -0.2) is 0 Å². The van der Waals surface area contributed by atoms with E-state index in [0.29, 0.717) is 37.1 Å². The highest BCUT2D eigenvalue weighted by molar-refractivity contribution is 5.97. The van der Waals surface area contributed by atoms with Crippen molar-refractivity contribution < 1.29 is 19.5 Å². The van der Waals surface area contributed by atoms with Crippen LogP contribution in [-0.2, 0) is 9.59 Å². The van der Waals surface area contributed by atoms with E-state index in [0.717, 1.165) is 5.56 Å². The number of nitrogens with one attached hydrogen (secondary N) is 1. The van der Waals surface area contributed by atoms with Gasteiger partial charge in [-0.15, -0.1) is 0 Å². The number of likely N-dealkylation sites (tertiary alicyclic amines) is 1. The second-order valence-electron chi connectivity index (χ2n) is 7.10. The van der Waals surface area contributed by atoms with Crippen molar-refractivity contribution in [2.75, 3.05) is 18.4 Å². The van der Waals surface area contributed by atoms with Crippen molar-refractivity contribution in [1.29, 1.82) is 0 Å². The lowest BCUT2D eigenvalue weighted by Gasteiger charge is -2.31. The zero-order valence-corrected chi connectivity index (χ0v) is 15.0. The Morgan fingerprint density at radius 3 is 2.64 bits per heavy atom. The highest BCUT2D eigenvalue weighted by Crippen LogP contribution is 2.22. The molecule has 0 radical (unpaired) electrons. The standard InChI is InChI=1S/C19H26N2O4/c1-12(2)9-17(22)20-16-7-6-14(10-13(16)3)18(23)21-8-4-5-15(11-21)19(24)25/h6-7,10,12,15H,4-5,8-9,11H2,1-3H3,(H,20,22)(H,24,25)/t15-/m0/s1. The third-order valence-corrected chi connectivity index (χ3v) is 4.40. The van der Waals surface area contributed by atoms with E-state index in [9.17, 15) is 14.4 Å². The molecule has 1 aromatic rings. The first kappa shape index (κ1) is 19.0. The molecule has 1 aliphatic rings. The molecule has 0 unspecified atom stereocenters. The van der Waals surface area contributed by atoms with Gasteiger partial charge in [0.1, 0.15) is 0 Å². The number of hydrogen-bond acceptors (Lipinski definition) is 3. The van der Waals surface area contributed by atoms with E-state index in [1.165, 1.54) is 0 Å². The van der Waals surface area contributed by atoms with Gasteiger partial charge in [0.2, 0.25) is 5.91 Å². The number of hydrogen-bond donors (Lipinski definition) is 2. The van der Waals surface area contributed by atoms with E-state index in [1.807, 2.05) is 20.8 Å². The maximum atomic E-state index is 12.6. The van der Waals surface area contributed by atoms with Gasteiger partial charge in [-0.05, 0) is 49.4 Å². The van der Waals surface area contributed by atoms with E-state index < -0.39 is 11.9 Å². The summed E-state index contributed by atoms with van der Waals surface area (Å²) in [6.45, 7) is 6.64. The van der Waals surface area contributed by atoms with Crippen LogP contribution in [-0.4, -0.2) is 40.9 Å². The monoisotopic (exact) mass is 346 g/mol. The number of carbonyl (C=O) groups is 3. The van der Waals surface area contributed by atoms with Crippen LogP contribution < -0.4 is 5.32 Å². The summed E-state index contributed by atoms with van der Waals surface area (Å²) in [5, 5.41) is 12.0. The fraction of sp³-hybridized carbons (Fsp3) is 0.526. The molecule has 2 amide bonds. The summed E-state index contributed by atoms with van der Waals surface area (Å²) in [5.74, 6) is -1.26. The number of benzene rings is 1. The van der Waals surface area contributed by atoms with E-state index in [4.69, 9.17) is 5.11 Å². The molecule has 0 bridgehead atoms. The second kappa shape index (κ2) is 8.14. The topological polar surface area (TPSA) is 86.7 Å². The maximum absolute atomic E-state index is 12.6. The largest absolute Gasteiger partial charge is 0.481 e. The highest BCUT2D eigenvalue weighted by Gasteiger charge is 2.28. The van der Waals surface area contributed by atoms with Gasteiger partial charge in [-0.3, -0.25) is 14.4 Å². The van der Waals surface area contributed by atoms with Crippen molar-refractivity contribution in [2.24, 2.45) is 11.8 Å². The molecular weight excluding hydrogens is 320 g/mol. The van der Waals surface area contributed by atoms with Gasteiger partial charge in [0, 0.05) is 30.8 Å². The lowest BCUT2D eigenvalue weighted by Crippen LogP contribution is -2.42. The molecule has 1 atom stereocenters. The summed E-state index contributed by atoms with van der Waals surface area (Å²) in [7, 11) is 0. The first-order chi connectivity index (χ1) is 11.8. The predicted molar refractivity (Wildman–Crippen MR) is 95.5 cm³/mol. The Morgan fingerprint density at radius 2 is 2.04 bits per heavy atom. The van der Waals surface area contributed by atoms with Gasteiger partial charge in [-0.2, -0.15) is 0 Å². The summed E-state index contributed by atoms with van der Waals surface area (Å²) in [6, 6.07) is 5.17. The molecule has 1 heterocycles. The fourth-order valence-corrected chi connectivity index (χ4v) is 3.05. The van der Waals surface area contributed by atoms with Gasteiger partial charge < -0.3 is 15.3 Å². The molecule has 0 aromatic heterocycles. The summed E-state index contributed by atoms with van der Waals surface area (Å²) >= 11 is 0. The molecule has 1 aliphatic heterocycles. The number of carboxylic acids is 1. The Morgan fingerprint density at radius 1 is 1.32 bits per heavy atom. The molecule has 25 heavy (non-hydrogen) atoms.